The molecule has 1 spiro atoms. The van der Waals surface area contributed by atoms with Gasteiger partial charge in [0, 0.05) is 19.5 Å². The summed E-state index contributed by atoms with van der Waals surface area (Å²) >= 11 is 0. The van der Waals surface area contributed by atoms with Gasteiger partial charge in [-0.3, -0.25) is 0 Å². The minimum Gasteiger partial charge on any atom is -0.373 e. The van der Waals surface area contributed by atoms with E-state index in [2.05, 4.69) is 0 Å². The molecule has 1 fully saturated rings. The number of para-hydroxylation sites is 1. The fourth-order valence-electron chi connectivity index (χ4n) is 3.53. The first kappa shape index (κ1) is 12.8. The number of benzene rings is 1. The summed E-state index contributed by atoms with van der Waals surface area (Å²) in [5.74, 6) is 0.0565. The Balaban J connectivity index is 2.17. The summed E-state index contributed by atoms with van der Waals surface area (Å²) in [6.07, 6.45) is -2.18. The van der Waals surface area contributed by atoms with Gasteiger partial charge >= 0.3 is 6.18 Å². The van der Waals surface area contributed by atoms with Gasteiger partial charge in [0.05, 0.1) is 11.3 Å². The van der Waals surface area contributed by atoms with Gasteiger partial charge in [-0.05, 0) is 36.4 Å². The highest BCUT2D eigenvalue weighted by molar-refractivity contribution is 5.65. The Bertz CT molecular complexity index is 506. The molecule has 104 valence electrons. The molecule has 0 aromatic heterocycles. The molecule has 0 saturated heterocycles. The van der Waals surface area contributed by atoms with Crippen LogP contribution in [0.5, 0.6) is 0 Å². The second-order valence-corrected chi connectivity index (χ2v) is 5.75. The summed E-state index contributed by atoms with van der Waals surface area (Å²) in [4.78, 5) is 1.76. The Morgan fingerprint density at radius 3 is 2.58 bits per heavy atom. The van der Waals surface area contributed by atoms with E-state index in [4.69, 9.17) is 5.73 Å². The average molecular weight is 270 g/mol. The van der Waals surface area contributed by atoms with Crippen LogP contribution in [0.1, 0.15) is 29.9 Å². The summed E-state index contributed by atoms with van der Waals surface area (Å²) in [5, 5.41) is 0. The second-order valence-electron chi connectivity index (χ2n) is 5.75. The Hall–Kier alpha value is -1.23. The molecule has 0 radical (unpaired) electrons. The van der Waals surface area contributed by atoms with Crippen molar-refractivity contribution < 1.29 is 13.2 Å². The largest absolute Gasteiger partial charge is 0.418 e. The normalized spacial score (nSPS) is 24.5. The lowest BCUT2D eigenvalue weighted by Crippen LogP contribution is -2.40. The first-order chi connectivity index (χ1) is 8.89. The molecule has 2 aliphatic rings. The third kappa shape index (κ3) is 1.83. The monoisotopic (exact) mass is 270 g/mol. The number of fused-ring (bicyclic) bond motifs is 1. The zero-order valence-electron chi connectivity index (χ0n) is 10.8. The van der Waals surface area contributed by atoms with Crippen LogP contribution in [0.4, 0.5) is 18.9 Å². The lowest BCUT2D eigenvalue weighted by molar-refractivity contribution is -0.137. The summed E-state index contributed by atoms with van der Waals surface area (Å²) in [6.45, 7) is 1.09. The van der Waals surface area contributed by atoms with E-state index >= 15 is 0 Å². The van der Waals surface area contributed by atoms with E-state index < -0.39 is 11.7 Å². The quantitative estimate of drug-likeness (QED) is 0.850. The molecule has 1 aliphatic heterocycles. The third-order valence-electron chi connectivity index (χ3n) is 4.55. The van der Waals surface area contributed by atoms with Crippen molar-refractivity contribution in [2.45, 2.75) is 24.9 Å². The molecule has 2 N–H and O–H groups in total. The van der Waals surface area contributed by atoms with Crippen LogP contribution in [0.3, 0.4) is 0 Å². The number of hydrogen-bond acceptors (Lipinski definition) is 2. The molecule has 3 rings (SSSR count). The summed E-state index contributed by atoms with van der Waals surface area (Å²) in [7, 11) is 1.75. The zero-order chi connectivity index (χ0) is 13.8. The van der Waals surface area contributed by atoms with E-state index in [1.54, 1.807) is 18.0 Å². The topological polar surface area (TPSA) is 29.3 Å². The fourth-order valence-corrected chi connectivity index (χ4v) is 3.53. The lowest BCUT2D eigenvalue weighted by atomic mass is 9.77. The Morgan fingerprint density at radius 2 is 2.05 bits per heavy atom. The molecule has 0 amide bonds. The predicted octanol–water partition coefficient (Wildman–Crippen LogP) is 2.98. The molecule has 1 saturated carbocycles. The van der Waals surface area contributed by atoms with Gasteiger partial charge in [-0.25, -0.2) is 0 Å². The van der Waals surface area contributed by atoms with Crippen molar-refractivity contribution in [2.75, 3.05) is 25.0 Å². The van der Waals surface area contributed by atoms with E-state index in [9.17, 15) is 13.2 Å². The molecule has 1 unspecified atom stereocenters. The highest BCUT2D eigenvalue weighted by Crippen LogP contribution is 2.61. The van der Waals surface area contributed by atoms with Gasteiger partial charge in [0.1, 0.15) is 0 Å². The van der Waals surface area contributed by atoms with Crippen molar-refractivity contribution in [3.63, 3.8) is 0 Å². The van der Waals surface area contributed by atoms with Gasteiger partial charge in [-0.2, -0.15) is 13.2 Å². The standard InChI is InChI=1S/C14H17F3N2/c1-19-8-13(5-6-13)11(7-18)9-3-2-4-10(12(9)19)14(15,16)17/h2-4,11H,5-8,18H2,1H3. The number of nitrogens with zero attached hydrogens (tertiary/aromatic N) is 1. The molecule has 1 heterocycles. The molecule has 19 heavy (non-hydrogen) atoms. The van der Waals surface area contributed by atoms with E-state index in [1.807, 2.05) is 0 Å². The predicted molar refractivity (Wildman–Crippen MR) is 68.2 cm³/mol. The van der Waals surface area contributed by atoms with Crippen LogP contribution in [-0.4, -0.2) is 20.1 Å². The Labute approximate surface area is 110 Å². The summed E-state index contributed by atoms with van der Waals surface area (Å²) in [5.41, 5.74) is 6.50. The van der Waals surface area contributed by atoms with Crippen molar-refractivity contribution in [1.82, 2.24) is 0 Å². The molecule has 1 aromatic rings. The van der Waals surface area contributed by atoms with Crippen molar-refractivity contribution >= 4 is 5.69 Å². The minimum atomic E-state index is -4.31. The van der Waals surface area contributed by atoms with E-state index in [0.717, 1.165) is 24.5 Å². The van der Waals surface area contributed by atoms with Crippen molar-refractivity contribution in [2.24, 2.45) is 11.1 Å². The number of nitrogens with two attached hydrogens (primary N) is 1. The first-order valence-corrected chi connectivity index (χ1v) is 6.50. The number of alkyl halides is 3. The van der Waals surface area contributed by atoms with E-state index in [0.29, 0.717) is 18.8 Å². The molecule has 5 heteroatoms. The Morgan fingerprint density at radius 1 is 1.37 bits per heavy atom. The van der Waals surface area contributed by atoms with Crippen LogP contribution in [0.25, 0.3) is 0 Å². The SMILES string of the molecule is CN1CC2(CC2)C(CN)c2cccc(C(F)(F)F)c21. The zero-order valence-corrected chi connectivity index (χ0v) is 10.8. The van der Waals surface area contributed by atoms with Crippen molar-refractivity contribution in [1.29, 1.82) is 0 Å². The molecule has 0 bridgehead atoms. The number of hydrogen-bond donors (Lipinski definition) is 1. The van der Waals surface area contributed by atoms with E-state index in [1.165, 1.54) is 6.07 Å². The van der Waals surface area contributed by atoms with E-state index in [-0.39, 0.29) is 11.3 Å². The molecular weight excluding hydrogens is 253 g/mol. The van der Waals surface area contributed by atoms with Crippen LogP contribution >= 0.6 is 0 Å². The summed E-state index contributed by atoms with van der Waals surface area (Å²) < 4.78 is 39.4. The fraction of sp³-hybridized carbons (Fsp3) is 0.571. The van der Waals surface area contributed by atoms with Gasteiger partial charge in [-0.1, -0.05) is 12.1 Å². The van der Waals surface area contributed by atoms with Crippen LogP contribution in [-0.2, 0) is 6.18 Å². The third-order valence-corrected chi connectivity index (χ3v) is 4.55. The van der Waals surface area contributed by atoms with Crippen LogP contribution < -0.4 is 10.6 Å². The number of anilines is 1. The van der Waals surface area contributed by atoms with Crippen LogP contribution in [0.2, 0.25) is 0 Å². The van der Waals surface area contributed by atoms with Crippen molar-refractivity contribution in [3.8, 4) is 0 Å². The maximum atomic E-state index is 13.1. The van der Waals surface area contributed by atoms with Gasteiger partial charge in [-0.15, -0.1) is 0 Å². The number of halogens is 3. The lowest BCUT2D eigenvalue weighted by Gasteiger charge is -2.41. The minimum absolute atomic E-state index is 0.0565. The second kappa shape index (κ2) is 3.88. The molecular formula is C14H17F3N2. The molecule has 1 aromatic carbocycles. The molecule has 2 nitrogen and oxygen atoms in total. The smallest absolute Gasteiger partial charge is 0.373 e. The van der Waals surface area contributed by atoms with Crippen LogP contribution in [0, 0.1) is 5.41 Å². The maximum Gasteiger partial charge on any atom is 0.418 e. The van der Waals surface area contributed by atoms with Gasteiger partial charge in [0.15, 0.2) is 0 Å². The number of rotatable bonds is 1. The first-order valence-electron chi connectivity index (χ1n) is 6.50. The highest BCUT2D eigenvalue weighted by Gasteiger charge is 2.54. The van der Waals surface area contributed by atoms with Gasteiger partial charge < -0.3 is 10.6 Å². The maximum absolute atomic E-state index is 13.1. The molecule has 1 atom stereocenters. The summed E-state index contributed by atoms with van der Waals surface area (Å²) in [6, 6.07) is 4.46. The van der Waals surface area contributed by atoms with Gasteiger partial charge in [0.2, 0.25) is 0 Å². The average Bonchev–Trinajstić information content (AvgIpc) is 3.08. The Kier molecular flexibility index (Phi) is 2.61. The highest BCUT2D eigenvalue weighted by atomic mass is 19.4. The van der Waals surface area contributed by atoms with Crippen molar-refractivity contribution in [3.05, 3.63) is 29.3 Å². The molecule has 1 aliphatic carbocycles. The van der Waals surface area contributed by atoms with Crippen LogP contribution in [0.15, 0.2) is 18.2 Å². The van der Waals surface area contributed by atoms with Gasteiger partial charge in [0.25, 0.3) is 0 Å².